The first-order valence-electron chi connectivity index (χ1n) is 26.0. The van der Waals surface area contributed by atoms with E-state index in [1.165, 1.54) is 30.8 Å². The van der Waals surface area contributed by atoms with Crippen molar-refractivity contribution in [2.24, 2.45) is 23.7 Å². The average Bonchev–Trinajstić information content (AvgIpc) is 3.80. The van der Waals surface area contributed by atoms with Gasteiger partial charge in [0.1, 0.15) is 36.7 Å². The SMILES string of the molecule is CC[C@H]1OC(=O)[C@H](C)C([C@H]2C[C@@](C)(OC)[C@@H](O)[C@H](C)O2)[C@H](C)[C@@H](O[C@@H]2O[C@H](C)C[C@H](N(C)CCCCc3cn([C@H](CF)Cc4ccc([N+](=O)[O-])cc4)nn3)[C@H]2O)[C@](C)(O)C[C@@H](C)CN(C)[C@H](C)[C@@H](O)[C@]1(C)O. The lowest BCUT2D eigenvalue weighted by molar-refractivity contribution is -0.384. The van der Waals surface area contributed by atoms with Gasteiger partial charge in [-0.3, -0.25) is 14.9 Å². The zero-order valence-corrected chi connectivity index (χ0v) is 45.0. The predicted molar refractivity (Wildman–Crippen MR) is 267 cm³/mol. The van der Waals surface area contributed by atoms with E-state index >= 15 is 0 Å². The second kappa shape index (κ2) is 25.0. The molecule has 1 unspecified atom stereocenters. The summed E-state index contributed by atoms with van der Waals surface area (Å²) in [5.74, 6) is -3.21. The molecule has 19 nitrogen and oxygen atoms in total. The van der Waals surface area contributed by atoms with Crippen LogP contribution in [0.3, 0.4) is 0 Å². The summed E-state index contributed by atoms with van der Waals surface area (Å²) < 4.78 is 47.8. The van der Waals surface area contributed by atoms with Gasteiger partial charge in [0.05, 0.1) is 58.2 Å². The van der Waals surface area contributed by atoms with E-state index in [0.717, 1.165) is 18.4 Å². The number of carbonyl (C=O) groups is 1. The Hall–Kier alpha value is -3.28. The fourth-order valence-corrected chi connectivity index (χ4v) is 11.9. The Morgan fingerprint density at radius 1 is 1.01 bits per heavy atom. The molecule has 0 amide bonds. The van der Waals surface area contributed by atoms with Crippen LogP contribution in [-0.2, 0) is 41.3 Å². The van der Waals surface area contributed by atoms with Gasteiger partial charge in [0.15, 0.2) is 6.29 Å². The van der Waals surface area contributed by atoms with Crippen molar-refractivity contribution in [1.29, 1.82) is 0 Å². The number of esters is 1. The van der Waals surface area contributed by atoms with Crippen LogP contribution in [0.4, 0.5) is 10.1 Å². The number of benzene rings is 1. The van der Waals surface area contributed by atoms with Gasteiger partial charge in [-0.15, -0.1) is 5.10 Å². The highest BCUT2D eigenvalue weighted by molar-refractivity contribution is 5.73. The largest absolute Gasteiger partial charge is 0.459 e. The summed E-state index contributed by atoms with van der Waals surface area (Å²) in [6.07, 6.45) is -3.42. The Morgan fingerprint density at radius 2 is 1.68 bits per heavy atom. The number of aryl methyl sites for hydroxylation is 1. The fraction of sp³-hybridized carbons (Fsp3) is 0.827. The highest BCUT2D eigenvalue weighted by Crippen LogP contribution is 2.45. The zero-order chi connectivity index (χ0) is 53.6. The Bertz CT molecular complexity index is 2030. The minimum atomic E-state index is -1.83. The molecule has 410 valence electrons. The number of halogens is 1. The van der Waals surface area contributed by atoms with Crippen LogP contribution < -0.4 is 0 Å². The van der Waals surface area contributed by atoms with Crippen LogP contribution in [0.25, 0.3) is 0 Å². The summed E-state index contributed by atoms with van der Waals surface area (Å²) in [7, 11) is 5.30. The van der Waals surface area contributed by atoms with Crippen molar-refractivity contribution in [2.75, 3.05) is 41.0 Å². The normalized spacial score (nSPS) is 39.5. The van der Waals surface area contributed by atoms with Gasteiger partial charge in [0.2, 0.25) is 0 Å². The number of aliphatic hydroxyl groups excluding tert-OH is 3. The number of cyclic esters (lactones) is 1. The Labute approximate surface area is 425 Å². The molecule has 3 aliphatic heterocycles. The smallest absolute Gasteiger partial charge is 0.309 e. The summed E-state index contributed by atoms with van der Waals surface area (Å²) in [5, 5.41) is 79.5. The van der Waals surface area contributed by atoms with Gasteiger partial charge < -0.3 is 59.0 Å². The second-order valence-corrected chi connectivity index (χ2v) is 22.4. The van der Waals surface area contributed by atoms with Gasteiger partial charge in [0, 0.05) is 56.4 Å². The number of hydrogen-bond acceptors (Lipinski definition) is 17. The van der Waals surface area contributed by atoms with E-state index in [1.54, 1.807) is 59.9 Å². The van der Waals surface area contributed by atoms with E-state index in [-0.39, 0.29) is 37.0 Å². The summed E-state index contributed by atoms with van der Waals surface area (Å²) in [6, 6.07) is 4.44. The first kappa shape index (κ1) is 59.6. The van der Waals surface area contributed by atoms with Crippen LogP contribution in [-0.4, -0.2) is 186 Å². The molecule has 3 saturated heterocycles. The summed E-state index contributed by atoms with van der Waals surface area (Å²) >= 11 is 0. The third-order valence-electron chi connectivity index (χ3n) is 16.4. The van der Waals surface area contributed by atoms with E-state index in [2.05, 4.69) is 15.2 Å². The minimum Gasteiger partial charge on any atom is -0.459 e. The highest BCUT2D eigenvalue weighted by Gasteiger charge is 2.55. The fourth-order valence-electron chi connectivity index (χ4n) is 11.9. The van der Waals surface area contributed by atoms with Gasteiger partial charge >= 0.3 is 5.97 Å². The van der Waals surface area contributed by atoms with E-state index in [4.69, 9.17) is 23.7 Å². The number of nitrogens with zero attached hydrogens (tertiary/aromatic N) is 6. The number of hydrogen-bond donors (Lipinski definition) is 5. The Kier molecular flexibility index (Phi) is 20.7. The molecule has 20 heteroatoms. The minimum absolute atomic E-state index is 0.0341. The van der Waals surface area contributed by atoms with Gasteiger partial charge in [-0.2, -0.15) is 0 Å². The van der Waals surface area contributed by atoms with Crippen LogP contribution >= 0.6 is 0 Å². The van der Waals surface area contributed by atoms with Crippen molar-refractivity contribution in [3.05, 3.63) is 51.8 Å². The zero-order valence-electron chi connectivity index (χ0n) is 45.0. The third kappa shape index (κ3) is 14.0. The van der Waals surface area contributed by atoms with Crippen LogP contribution in [0.1, 0.15) is 125 Å². The molecule has 4 heterocycles. The van der Waals surface area contributed by atoms with Gasteiger partial charge in [-0.1, -0.05) is 45.0 Å². The van der Waals surface area contributed by atoms with E-state index < -0.39 is 119 Å². The summed E-state index contributed by atoms with van der Waals surface area (Å²) in [5.41, 5.74) is -3.08. The average molecular weight is 1020 g/mol. The maximum Gasteiger partial charge on any atom is 0.309 e. The number of likely N-dealkylation sites (N-methyl/N-ethyl adjacent to an activating group) is 2. The number of nitro groups is 1. The monoisotopic (exact) mass is 1020 g/mol. The highest BCUT2D eigenvalue weighted by atomic mass is 19.1. The van der Waals surface area contributed by atoms with Crippen molar-refractivity contribution in [3.8, 4) is 0 Å². The molecule has 0 aliphatic carbocycles. The number of rotatable bonds is 16. The van der Waals surface area contributed by atoms with Crippen LogP contribution in [0, 0.1) is 33.8 Å². The standard InChI is InChI=1S/C52H87FN6O13/c1-14-42-52(10,65)45(61)34(6)57(12)28-30(2)25-50(8,64)47(32(4)43(33(5)48(63)71-42)41-26-51(9,68-13)46(62)35(7)70-41)72-49-44(60)40(23-31(3)69-49)56(11)22-16-15-17-37-29-58(55-54-37)39(27-53)24-36-18-20-38(21-19-36)59(66)67/h18-21,29-35,39-47,49,60-62,64-65H,14-17,22-28H2,1-13H3/t30-,31-,32+,33-,34-,35+,39+,40+,41-,42-,43?,44-,45-,46+,47-,49+,50-,51-,52-/m1/s1. The maximum absolute atomic E-state index is 14.6. The molecule has 5 N–H and O–H groups in total. The van der Waals surface area contributed by atoms with E-state index in [0.29, 0.717) is 38.0 Å². The van der Waals surface area contributed by atoms with E-state index in [1.807, 2.05) is 39.8 Å². The second-order valence-electron chi connectivity index (χ2n) is 22.4. The van der Waals surface area contributed by atoms with Crippen molar-refractivity contribution in [3.63, 3.8) is 0 Å². The lowest BCUT2D eigenvalue weighted by atomic mass is 9.68. The molecule has 3 fully saturated rings. The molecule has 0 bridgehead atoms. The van der Waals surface area contributed by atoms with Crippen LogP contribution in [0.15, 0.2) is 30.5 Å². The van der Waals surface area contributed by atoms with Gasteiger partial charge in [0.25, 0.3) is 5.69 Å². The number of ether oxygens (including phenoxy) is 5. The molecule has 1 aromatic heterocycles. The molecule has 19 atom stereocenters. The number of nitro benzene ring substituents is 1. The van der Waals surface area contributed by atoms with Crippen LogP contribution in [0.2, 0.25) is 0 Å². The molecule has 0 spiro atoms. The van der Waals surface area contributed by atoms with Crippen molar-refractivity contribution in [2.45, 2.75) is 211 Å². The maximum atomic E-state index is 14.6. The van der Waals surface area contributed by atoms with Gasteiger partial charge in [-0.05, 0) is 125 Å². The molecular formula is C52H87FN6O13. The number of carbonyl (C=O) groups excluding carboxylic acids is 1. The van der Waals surface area contributed by atoms with Crippen molar-refractivity contribution < 1.29 is 63.3 Å². The molecule has 0 radical (unpaired) electrons. The van der Waals surface area contributed by atoms with Gasteiger partial charge in [-0.25, -0.2) is 9.07 Å². The number of methoxy groups -OCH3 is 1. The first-order valence-corrected chi connectivity index (χ1v) is 26.0. The Balaban J connectivity index is 1.38. The number of non-ortho nitro benzene ring substituents is 1. The summed E-state index contributed by atoms with van der Waals surface area (Å²) in [4.78, 5) is 29.2. The summed E-state index contributed by atoms with van der Waals surface area (Å²) in [6.45, 7) is 18.2. The third-order valence-corrected chi connectivity index (χ3v) is 16.4. The lowest BCUT2D eigenvalue weighted by Crippen LogP contribution is -2.62. The molecule has 72 heavy (non-hydrogen) atoms. The predicted octanol–water partition coefficient (Wildman–Crippen LogP) is 4.82. The number of alkyl halides is 1. The van der Waals surface area contributed by atoms with E-state index in [9.17, 15) is 44.8 Å². The topological polar surface area (TPSA) is 245 Å². The quantitative estimate of drug-likeness (QED) is 0.0655. The molecular weight excluding hydrogens is 936 g/mol. The number of unbranched alkanes of at least 4 members (excludes halogenated alkanes) is 1. The van der Waals surface area contributed by atoms with Crippen LogP contribution in [0.5, 0.6) is 0 Å². The number of aliphatic hydroxyl groups is 5. The molecule has 2 aromatic rings. The molecule has 0 saturated carbocycles. The molecule has 3 aliphatic rings. The lowest BCUT2D eigenvalue weighted by Gasteiger charge is -2.51. The molecule has 1 aromatic carbocycles. The first-order chi connectivity index (χ1) is 33.7. The molecule has 5 rings (SSSR count). The number of aromatic nitrogens is 3. The Morgan fingerprint density at radius 3 is 2.29 bits per heavy atom. The van der Waals surface area contributed by atoms with Crippen molar-refractivity contribution in [1.82, 2.24) is 24.8 Å². The van der Waals surface area contributed by atoms with Crippen molar-refractivity contribution >= 4 is 11.7 Å².